The average molecular weight is 361 g/mol. The van der Waals surface area contributed by atoms with Gasteiger partial charge < -0.3 is 19.8 Å². The van der Waals surface area contributed by atoms with E-state index in [1.165, 1.54) is 6.20 Å². The Bertz CT molecular complexity index is 990. The standard InChI is InChI=1S/C16H13F2N5O3/c1-2-20-15(24)23-14-21-10-6-9(8-4-3-5-19-7-8)12-13(11(10)22-14)26-16(17,18)25-12/h3-7H,2H2,1H3,(H3,20,21,22,23,24). The number of imidazole rings is 1. The molecule has 0 radical (unpaired) electrons. The fourth-order valence-corrected chi connectivity index (χ4v) is 2.67. The predicted octanol–water partition coefficient (Wildman–Crippen LogP) is 3.09. The van der Waals surface area contributed by atoms with Crippen molar-refractivity contribution in [3.05, 3.63) is 30.6 Å². The van der Waals surface area contributed by atoms with Crippen LogP contribution in [0.15, 0.2) is 30.6 Å². The lowest BCUT2D eigenvalue weighted by molar-refractivity contribution is -0.286. The molecule has 2 aromatic heterocycles. The number of carbonyl (C=O) groups is 1. The maximum absolute atomic E-state index is 13.7. The van der Waals surface area contributed by atoms with Gasteiger partial charge >= 0.3 is 12.3 Å². The highest BCUT2D eigenvalue weighted by Crippen LogP contribution is 2.50. The molecule has 0 aliphatic carbocycles. The molecule has 8 nitrogen and oxygen atoms in total. The number of nitrogens with zero attached hydrogens (tertiary/aromatic N) is 2. The van der Waals surface area contributed by atoms with Gasteiger partial charge in [0.15, 0.2) is 11.5 Å². The van der Waals surface area contributed by atoms with Crippen LogP contribution in [0.1, 0.15) is 6.92 Å². The summed E-state index contributed by atoms with van der Waals surface area (Å²) in [5.41, 5.74) is 1.44. The maximum Gasteiger partial charge on any atom is 0.586 e. The molecule has 0 unspecified atom stereocenters. The van der Waals surface area contributed by atoms with E-state index < -0.39 is 12.3 Å². The lowest BCUT2D eigenvalue weighted by Gasteiger charge is -2.07. The van der Waals surface area contributed by atoms with Gasteiger partial charge in [0, 0.05) is 30.1 Å². The van der Waals surface area contributed by atoms with Gasteiger partial charge in [-0.3, -0.25) is 10.3 Å². The van der Waals surface area contributed by atoms with Gasteiger partial charge in [-0.2, -0.15) is 0 Å². The third-order valence-corrected chi connectivity index (χ3v) is 3.67. The lowest BCUT2D eigenvalue weighted by atomic mass is 10.1. The van der Waals surface area contributed by atoms with Crippen molar-refractivity contribution in [2.75, 3.05) is 11.9 Å². The first kappa shape index (κ1) is 16.1. The molecule has 26 heavy (non-hydrogen) atoms. The number of aromatic amines is 1. The van der Waals surface area contributed by atoms with Crippen molar-refractivity contribution in [1.29, 1.82) is 0 Å². The monoisotopic (exact) mass is 361 g/mol. The lowest BCUT2D eigenvalue weighted by Crippen LogP contribution is -2.28. The summed E-state index contributed by atoms with van der Waals surface area (Å²) < 4.78 is 36.8. The van der Waals surface area contributed by atoms with Crippen LogP contribution in [-0.4, -0.2) is 33.8 Å². The van der Waals surface area contributed by atoms with Gasteiger partial charge in [-0.15, -0.1) is 8.78 Å². The zero-order valence-electron chi connectivity index (χ0n) is 13.5. The van der Waals surface area contributed by atoms with Crippen LogP contribution in [0.4, 0.5) is 19.5 Å². The van der Waals surface area contributed by atoms with Crippen LogP contribution in [0.3, 0.4) is 0 Å². The first-order valence-corrected chi connectivity index (χ1v) is 7.74. The largest absolute Gasteiger partial charge is 0.586 e. The Labute approximate surface area is 145 Å². The molecular weight excluding hydrogens is 348 g/mol. The van der Waals surface area contributed by atoms with Gasteiger partial charge in [0.2, 0.25) is 5.95 Å². The Morgan fingerprint density at radius 1 is 1.35 bits per heavy atom. The number of benzene rings is 1. The molecule has 0 fully saturated rings. The maximum atomic E-state index is 13.7. The molecule has 1 aliphatic rings. The number of carbonyl (C=O) groups excluding carboxylic acids is 1. The van der Waals surface area contributed by atoms with Crippen molar-refractivity contribution in [3.8, 4) is 22.6 Å². The number of nitrogens with one attached hydrogen (secondary N) is 3. The van der Waals surface area contributed by atoms with E-state index in [2.05, 4.69) is 35.1 Å². The van der Waals surface area contributed by atoms with Crippen LogP contribution >= 0.6 is 0 Å². The van der Waals surface area contributed by atoms with Gasteiger partial charge in [0.25, 0.3) is 0 Å². The van der Waals surface area contributed by atoms with Crippen LogP contribution in [0.2, 0.25) is 0 Å². The first-order valence-electron chi connectivity index (χ1n) is 7.74. The predicted molar refractivity (Wildman–Crippen MR) is 88.2 cm³/mol. The minimum absolute atomic E-state index is 0.0929. The van der Waals surface area contributed by atoms with Crippen LogP contribution in [0.5, 0.6) is 11.5 Å². The van der Waals surface area contributed by atoms with Crippen molar-refractivity contribution in [3.63, 3.8) is 0 Å². The van der Waals surface area contributed by atoms with Crippen LogP contribution in [-0.2, 0) is 0 Å². The molecule has 2 amide bonds. The third kappa shape index (κ3) is 2.75. The van der Waals surface area contributed by atoms with E-state index in [9.17, 15) is 13.6 Å². The van der Waals surface area contributed by atoms with Crippen molar-refractivity contribution >= 4 is 23.0 Å². The van der Waals surface area contributed by atoms with Gasteiger partial charge in [0.1, 0.15) is 5.52 Å². The Morgan fingerprint density at radius 2 is 2.15 bits per heavy atom. The number of ether oxygens (including phenoxy) is 2. The molecule has 0 saturated carbocycles. The molecule has 0 spiro atoms. The molecule has 0 atom stereocenters. The number of H-pyrrole nitrogens is 1. The van der Waals surface area contributed by atoms with Gasteiger partial charge in [0.05, 0.1) is 5.52 Å². The number of rotatable bonds is 3. The Morgan fingerprint density at radius 3 is 2.88 bits per heavy atom. The Hall–Kier alpha value is -3.43. The van der Waals surface area contributed by atoms with Crippen molar-refractivity contribution in [1.82, 2.24) is 20.3 Å². The minimum atomic E-state index is -3.80. The van der Waals surface area contributed by atoms with Gasteiger partial charge in [-0.1, -0.05) is 6.07 Å². The Kier molecular flexibility index (Phi) is 3.60. The quantitative estimate of drug-likeness (QED) is 0.665. The number of pyridine rings is 1. The number of aromatic nitrogens is 3. The summed E-state index contributed by atoms with van der Waals surface area (Å²) >= 11 is 0. The summed E-state index contributed by atoms with van der Waals surface area (Å²) in [6.07, 6.45) is -0.717. The average Bonchev–Trinajstić information content (AvgIpc) is 3.14. The molecule has 10 heteroatoms. The SMILES string of the molecule is CCNC(=O)Nc1nc2cc(-c3cccnc3)c3c(c2[nH]1)OC(F)(F)O3. The summed E-state index contributed by atoms with van der Waals surface area (Å²) in [5.74, 6) is -0.207. The van der Waals surface area contributed by atoms with E-state index in [-0.39, 0.29) is 23.0 Å². The number of urea groups is 1. The van der Waals surface area contributed by atoms with Crippen LogP contribution in [0, 0.1) is 0 Å². The number of fused-ring (bicyclic) bond motifs is 3. The van der Waals surface area contributed by atoms with E-state index in [4.69, 9.17) is 0 Å². The summed E-state index contributed by atoms with van der Waals surface area (Å²) in [4.78, 5) is 22.6. The zero-order valence-corrected chi connectivity index (χ0v) is 13.5. The fourth-order valence-electron chi connectivity index (χ4n) is 2.67. The van der Waals surface area contributed by atoms with E-state index in [0.717, 1.165) is 0 Å². The highest BCUT2D eigenvalue weighted by atomic mass is 19.3. The molecule has 1 aromatic carbocycles. The smallest absolute Gasteiger partial charge is 0.395 e. The number of hydrogen-bond donors (Lipinski definition) is 3. The minimum Gasteiger partial charge on any atom is -0.395 e. The second-order valence-corrected chi connectivity index (χ2v) is 5.46. The van der Waals surface area contributed by atoms with E-state index >= 15 is 0 Å². The second kappa shape index (κ2) is 5.83. The number of amides is 2. The Balaban J connectivity index is 1.85. The van der Waals surface area contributed by atoms with Crippen molar-refractivity contribution in [2.24, 2.45) is 0 Å². The summed E-state index contributed by atoms with van der Waals surface area (Å²) in [6.45, 7) is 2.19. The topological polar surface area (TPSA) is 101 Å². The fraction of sp³-hybridized carbons (Fsp3) is 0.188. The molecule has 0 saturated heterocycles. The van der Waals surface area contributed by atoms with Crippen molar-refractivity contribution < 1.29 is 23.0 Å². The number of hydrogen-bond acceptors (Lipinski definition) is 5. The molecule has 3 aromatic rings. The van der Waals surface area contributed by atoms with Crippen LogP contribution in [0.25, 0.3) is 22.2 Å². The number of anilines is 1. The second-order valence-electron chi connectivity index (χ2n) is 5.46. The highest BCUT2D eigenvalue weighted by Gasteiger charge is 2.46. The molecule has 0 bridgehead atoms. The van der Waals surface area contributed by atoms with Gasteiger partial charge in [-0.05, 0) is 19.1 Å². The molecule has 134 valence electrons. The van der Waals surface area contributed by atoms with E-state index in [1.807, 2.05) is 0 Å². The van der Waals surface area contributed by atoms with Crippen molar-refractivity contribution in [2.45, 2.75) is 13.2 Å². The normalized spacial score (nSPS) is 14.4. The summed E-state index contributed by atoms with van der Waals surface area (Å²) in [7, 11) is 0. The molecular formula is C16H13F2N5O3. The zero-order chi connectivity index (χ0) is 18.3. The summed E-state index contributed by atoms with van der Waals surface area (Å²) in [6, 6.07) is 4.47. The molecule has 3 heterocycles. The molecule has 4 rings (SSSR count). The first-order chi connectivity index (χ1) is 12.5. The summed E-state index contributed by atoms with van der Waals surface area (Å²) in [5, 5.41) is 5.04. The molecule has 3 N–H and O–H groups in total. The number of alkyl halides is 2. The highest BCUT2D eigenvalue weighted by molar-refractivity contribution is 5.96. The number of halogens is 2. The molecule has 1 aliphatic heterocycles. The third-order valence-electron chi connectivity index (χ3n) is 3.67. The van der Waals surface area contributed by atoms with Gasteiger partial charge in [-0.25, -0.2) is 9.78 Å². The van der Waals surface area contributed by atoms with E-state index in [1.54, 1.807) is 31.3 Å². The van der Waals surface area contributed by atoms with Crippen LogP contribution < -0.4 is 20.1 Å². The van der Waals surface area contributed by atoms with E-state index in [0.29, 0.717) is 23.2 Å².